The van der Waals surface area contributed by atoms with Gasteiger partial charge in [0.1, 0.15) is 16.7 Å². The van der Waals surface area contributed by atoms with E-state index in [4.69, 9.17) is 11.5 Å². The number of phenolic OH excluding ortho intramolecular Hbond substituents is 1. The lowest BCUT2D eigenvalue weighted by molar-refractivity contribution is -0.122. The van der Waals surface area contributed by atoms with Crippen molar-refractivity contribution >= 4 is 40.6 Å². The van der Waals surface area contributed by atoms with Crippen molar-refractivity contribution < 1.29 is 19.5 Å². The van der Waals surface area contributed by atoms with Crippen LogP contribution in [0.15, 0.2) is 78.9 Å². The van der Waals surface area contributed by atoms with Gasteiger partial charge in [-0.15, -0.1) is 0 Å². The number of aromatic hydroxyl groups is 1. The van der Waals surface area contributed by atoms with E-state index in [1.165, 1.54) is 17.0 Å². The van der Waals surface area contributed by atoms with Gasteiger partial charge in [0.05, 0.1) is 5.69 Å². The molecular weight excluding hydrogens is 514 g/mol. The highest BCUT2D eigenvalue weighted by Gasteiger charge is 2.36. The van der Waals surface area contributed by atoms with Crippen molar-refractivity contribution in [3.05, 3.63) is 106 Å². The van der Waals surface area contributed by atoms with Crippen LogP contribution < -0.4 is 21.7 Å². The van der Waals surface area contributed by atoms with Crippen molar-refractivity contribution in [3.8, 4) is 5.75 Å². The first-order valence-electron chi connectivity index (χ1n) is 12.3. The molecule has 1 atom stereocenters. The van der Waals surface area contributed by atoms with Gasteiger partial charge in [0.15, 0.2) is 5.69 Å². The van der Waals surface area contributed by atoms with Crippen molar-refractivity contribution in [1.29, 1.82) is 0 Å². The fourth-order valence-corrected chi connectivity index (χ4v) is 4.84. The Morgan fingerprint density at radius 3 is 2.13 bits per heavy atom. The van der Waals surface area contributed by atoms with Gasteiger partial charge >= 0.3 is 0 Å². The number of nitrogen functional groups attached to an aromatic ring is 1. The maximum absolute atomic E-state index is 14.1. The van der Waals surface area contributed by atoms with E-state index >= 15 is 0 Å². The third-order valence-corrected chi connectivity index (χ3v) is 7.09. The van der Waals surface area contributed by atoms with E-state index < -0.39 is 23.8 Å². The van der Waals surface area contributed by atoms with E-state index in [0.29, 0.717) is 11.3 Å². The lowest BCUT2D eigenvalue weighted by atomic mass is 10.00. The van der Waals surface area contributed by atoms with Crippen LogP contribution in [-0.4, -0.2) is 27.2 Å². The SMILES string of the molecule is CC(C)c1ccc(N(C(=O)c2snc(C(N)=O)c2N)[C@H](C(=O)NCc2ccccc2)c2ccc(O)cc2)cc1. The molecule has 9 nitrogen and oxygen atoms in total. The van der Waals surface area contributed by atoms with Gasteiger partial charge in [-0.2, -0.15) is 4.37 Å². The molecule has 6 N–H and O–H groups in total. The number of aromatic nitrogens is 1. The molecule has 3 amide bonds. The van der Waals surface area contributed by atoms with E-state index in [2.05, 4.69) is 23.5 Å². The number of primary amides is 1. The smallest absolute Gasteiger partial charge is 0.273 e. The number of benzene rings is 3. The van der Waals surface area contributed by atoms with Gasteiger partial charge in [0.2, 0.25) is 5.91 Å². The Balaban J connectivity index is 1.83. The lowest BCUT2D eigenvalue weighted by Crippen LogP contribution is -2.44. The van der Waals surface area contributed by atoms with Crippen LogP contribution in [-0.2, 0) is 11.3 Å². The minimum absolute atomic E-state index is 0.0131. The molecule has 3 aromatic carbocycles. The Bertz CT molecular complexity index is 1470. The Kier molecular flexibility index (Phi) is 8.26. The van der Waals surface area contributed by atoms with Crippen LogP contribution in [0.2, 0.25) is 0 Å². The second-order valence-corrected chi connectivity index (χ2v) is 10.0. The molecule has 4 rings (SSSR count). The Labute approximate surface area is 230 Å². The van der Waals surface area contributed by atoms with E-state index in [1.54, 1.807) is 24.3 Å². The van der Waals surface area contributed by atoms with Crippen LogP contribution in [0.5, 0.6) is 5.75 Å². The molecule has 0 saturated heterocycles. The number of anilines is 2. The predicted octanol–water partition coefficient (Wildman–Crippen LogP) is 4.36. The first-order valence-corrected chi connectivity index (χ1v) is 13.0. The van der Waals surface area contributed by atoms with Crippen LogP contribution >= 0.6 is 11.5 Å². The Morgan fingerprint density at radius 1 is 0.949 bits per heavy atom. The molecule has 0 aliphatic heterocycles. The van der Waals surface area contributed by atoms with Crippen LogP contribution in [0.25, 0.3) is 0 Å². The predicted molar refractivity (Wildman–Crippen MR) is 152 cm³/mol. The standard InChI is InChI=1S/C29H29N5O4S/c1-17(2)19-8-12-21(13-9-19)34(29(38)26-23(30)24(27(31)36)33-39-26)25(20-10-14-22(35)15-11-20)28(37)32-16-18-6-4-3-5-7-18/h3-15,17,25,35H,16,30H2,1-2H3,(H2,31,36)(H,32,37)/t25-/m0/s1. The van der Waals surface area contributed by atoms with Gasteiger partial charge in [0, 0.05) is 12.2 Å². The molecule has 1 heterocycles. The van der Waals surface area contributed by atoms with Crippen LogP contribution in [0.1, 0.15) is 62.7 Å². The van der Waals surface area contributed by atoms with Gasteiger partial charge in [-0.1, -0.05) is 68.4 Å². The van der Waals surface area contributed by atoms with Gasteiger partial charge < -0.3 is 21.9 Å². The topological polar surface area (TPSA) is 152 Å². The van der Waals surface area contributed by atoms with Crippen molar-refractivity contribution in [3.63, 3.8) is 0 Å². The molecule has 200 valence electrons. The number of nitrogens with two attached hydrogens (primary N) is 2. The zero-order chi connectivity index (χ0) is 28.1. The van der Waals surface area contributed by atoms with Crippen LogP contribution in [0.3, 0.4) is 0 Å². The largest absolute Gasteiger partial charge is 0.508 e. The molecule has 0 fully saturated rings. The summed E-state index contributed by atoms with van der Waals surface area (Å²) in [6.07, 6.45) is 0. The number of nitrogens with zero attached hydrogens (tertiary/aromatic N) is 2. The third-order valence-electron chi connectivity index (χ3n) is 6.24. The summed E-state index contributed by atoms with van der Waals surface area (Å²) in [6, 6.07) is 21.6. The number of carbonyl (C=O) groups is 3. The number of carbonyl (C=O) groups excluding carboxylic acids is 3. The molecule has 0 spiro atoms. The highest BCUT2D eigenvalue weighted by Crippen LogP contribution is 2.34. The first kappa shape index (κ1) is 27.3. The Hall–Kier alpha value is -4.70. The highest BCUT2D eigenvalue weighted by molar-refractivity contribution is 7.09. The number of nitrogens with one attached hydrogen (secondary N) is 1. The van der Waals surface area contributed by atoms with Gasteiger partial charge in [-0.3, -0.25) is 19.3 Å². The second kappa shape index (κ2) is 11.8. The summed E-state index contributed by atoms with van der Waals surface area (Å²) in [5.41, 5.74) is 14.0. The van der Waals surface area contributed by atoms with Crippen molar-refractivity contribution in [2.75, 3.05) is 10.6 Å². The molecule has 0 unspecified atom stereocenters. The second-order valence-electron chi connectivity index (χ2n) is 9.26. The van der Waals surface area contributed by atoms with Crippen molar-refractivity contribution in [2.24, 2.45) is 5.73 Å². The highest BCUT2D eigenvalue weighted by atomic mass is 32.1. The summed E-state index contributed by atoms with van der Waals surface area (Å²) >= 11 is 0.742. The maximum atomic E-state index is 14.1. The summed E-state index contributed by atoms with van der Waals surface area (Å²) in [6.45, 7) is 4.34. The molecule has 0 aliphatic carbocycles. The fourth-order valence-electron chi connectivity index (χ4n) is 4.10. The van der Waals surface area contributed by atoms with Gasteiger partial charge in [0.25, 0.3) is 11.8 Å². The summed E-state index contributed by atoms with van der Waals surface area (Å²) in [4.78, 5) is 41.1. The zero-order valence-electron chi connectivity index (χ0n) is 21.5. The molecule has 10 heteroatoms. The third kappa shape index (κ3) is 6.07. The quantitative estimate of drug-likeness (QED) is 0.246. The monoisotopic (exact) mass is 543 g/mol. The zero-order valence-corrected chi connectivity index (χ0v) is 22.3. The van der Waals surface area contributed by atoms with Crippen LogP contribution in [0, 0.1) is 0 Å². The number of phenols is 1. The van der Waals surface area contributed by atoms with Crippen molar-refractivity contribution in [2.45, 2.75) is 32.4 Å². The average molecular weight is 544 g/mol. The molecule has 0 radical (unpaired) electrons. The average Bonchev–Trinajstić information content (AvgIpc) is 3.33. The normalized spacial score (nSPS) is 11.7. The molecule has 0 saturated carbocycles. The summed E-state index contributed by atoms with van der Waals surface area (Å²) in [5.74, 6) is -1.67. The van der Waals surface area contributed by atoms with Gasteiger partial charge in [-0.25, -0.2) is 0 Å². The van der Waals surface area contributed by atoms with E-state index in [9.17, 15) is 19.5 Å². The molecule has 39 heavy (non-hydrogen) atoms. The summed E-state index contributed by atoms with van der Waals surface area (Å²) in [5, 5.41) is 12.8. The summed E-state index contributed by atoms with van der Waals surface area (Å²) in [7, 11) is 0. The maximum Gasteiger partial charge on any atom is 0.273 e. The number of hydrogen-bond acceptors (Lipinski definition) is 7. The number of amides is 3. The fraction of sp³-hybridized carbons (Fsp3) is 0.172. The molecular formula is C29H29N5O4S. The number of rotatable bonds is 9. The molecule has 0 bridgehead atoms. The molecule has 1 aromatic heterocycles. The van der Waals surface area contributed by atoms with Gasteiger partial charge in [-0.05, 0) is 58.4 Å². The molecule has 4 aromatic rings. The number of hydrogen-bond donors (Lipinski definition) is 4. The van der Waals surface area contributed by atoms with E-state index in [-0.39, 0.29) is 34.5 Å². The minimum atomic E-state index is -1.15. The van der Waals surface area contributed by atoms with E-state index in [1.807, 2.05) is 42.5 Å². The van der Waals surface area contributed by atoms with Crippen molar-refractivity contribution in [1.82, 2.24) is 9.69 Å². The minimum Gasteiger partial charge on any atom is -0.508 e. The van der Waals surface area contributed by atoms with E-state index in [0.717, 1.165) is 22.7 Å². The summed E-state index contributed by atoms with van der Waals surface area (Å²) < 4.78 is 3.98. The lowest BCUT2D eigenvalue weighted by Gasteiger charge is -2.31. The first-order chi connectivity index (χ1) is 18.7. The Morgan fingerprint density at radius 2 is 1.56 bits per heavy atom. The van der Waals surface area contributed by atoms with Crippen LogP contribution in [0.4, 0.5) is 11.4 Å². The molecule has 0 aliphatic rings.